The lowest BCUT2D eigenvalue weighted by Gasteiger charge is -2.26. The lowest BCUT2D eigenvalue weighted by molar-refractivity contribution is 0.296. The summed E-state index contributed by atoms with van der Waals surface area (Å²) >= 11 is 0. The van der Waals surface area contributed by atoms with Crippen molar-refractivity contribution in [3.05, 3.63) is 71.6 Å². The van der Waals surface area contributed by atoms with Crippen molar-refractivity contribution in [1.82, 2.24) is 0 Å². The number of halogens is 2. The lowest BCUT2D eigenvalue weighted by Crippen LogP contribution is -2.13. The van der Waals surface area contributed by atoms with Crippen molar-refractivity contribution in [3.63, 3.8) is 0 Å². The molecule has 0 N–H and O–H groups in total. The first-order valence-corrected chi connectivity index (χ1v) is 10.2. The van der Waals surface area contributed by atoms with Gasteiger partial charge in [0.1, 0.15) is 11.9 Å². The van der Waals surface area contributed by atoms with Gasteiger partial charge in [0, 0.05) is 0 Å². The van der Waals surface area contributed by atoms with Gasteiger partial charge in [-0.25, -0.2) is 4.39 Å². The van der Waals surface area contributed by atoms with E-state index in [9.17, 15) is 8.78 Å². The van der Waals surface area contributed by atoms with Crippen LogP contribution in [0.25, 0.3) is 11.1 Å². The van der Waals surface area contributed by atoms with Crippen LogP contribution < -0.4 is 0 Å². The molecule has 1 fully saturated rings. The molecule has 0 amide bonds. The van der Waals surface area contributed by atoms with Crippen molar-refractivity contribution in [2.75, 3.05) is 6.67 Å². The van der Waals surface area contributed by atoms with Gasteiger partial charge in [-0.05, 0) is 85.6 Å². The highest BCUT2D eigenvalue weighted by Gasteiger charge is 2.19. The fourth-order valence-corrected chi connectivity index (χ4v) is 4.04. The first kappa shape index (κ1) is 20.3. The molecule has 146 valence electrons. The molecular weight excluding hydrogens is 352 g/mol. The third-order valence-corrected chi connectivity index (χ3v) is 5.79. The van der Waals surface area contributed by atoms with Crippen molar-refractivity contribution >= 4 is 0 Å². The van der Waals surface area contributed by atoms with E-state index in [0.29, 0.717) is 12.3 Å². The van der Waals surface area contributed by atoms with Gasteiger partial charge in [-0.3, -0.25) is 4.39 Å². The predicted molar refractivity (Wildman–Crippen MR) is 110 cm³/mol. The second-order valence-electron chi connectivity index (χ2n) is 7.73. The Hall–Kier alpha value is -2.47. The molecule has 0 unspecified atom stereocenters. The van der Waals surface area contributed by atoms with E-state index in [4.69, 9.17) is 5.26 Å². The normalized spacial score (nSPS) is 19.6. The van der Waals surface area contributed by atoms with Crippen molar-refractivity contribution in [1.29, 1.82) is 5.26 Å². The Morgan fingerprint density at radius 2 is 1.71 bits per heavy atom. The number of benzene rings is 2. The zero-order chi connectivity index (χ0) is 19.8. The zero-order valence-electron chi connectivity index (χ0n) is 16.2. The second-order valence-corrected chi connectivity index (χ2v) is 7.73. The molecule has 0 aliphatic heterocycles. The summed E-state index contributed by atoms with van der Waals surface area (Å²) in [5.74, 6) is 0.937. The van der Waals surface area contributed by atoms with E-state index < -0.39 is 5.82 Å². The van der Waals surface area contributed by atoms with E-state index in [1.165, 1.54) is 49.8 Å². The van der Waals surface area contributed by atoms with Gasteiger partial charge in [-0.1, -0.05) is 42.5 Å². The number of allylic oxidation sites excluding steroid dienone is 2. The Morgan fingerprint density at radius 1 is 1.00 bits per heavy atom. The molecule has 0 aromatic heterocycles. The van der Waals surface area contributed by atoms with Crippen LogP contribution in [0.4, 0.5) is 8.78 Å². The monoisotopic (exact) mass is 379 g/mol. The first-order chi connectivity index (χ1) is 13.7. The van der Waals surface area contributed by atoms with Gasteiger partial charge >= 0.3 is 0 Å². The number of aryl methyl sites for hydroxylation is 1. The van der Waals surface area contributed by atoms with Gasteiger partial charge < -0.3 is 0 Å². The Balaban J connectivity index is 1.49. The van der Waals surface area contributed by atoms with Gasteiger partial charge in [0.25, 0.3) is 0 Å². The molecule has 1 saturated carbocycles. The van der Waals surface area contributed by atoms with Gasteiger partial charge in [0.15, 0.2) is 0 Å². The Kier molecular flexibility index (Phi) is 7.37. The summed E-state index contributed by atoms with van der Waals surface area (Å²) in [5, 5.41) is 8.84. The molecule has 2 aromatic carbocycles. The van der Waals surface area contributed by atoms with Crippen molar-refractivity contribution < 1.29 is 8.78 Å². The van der Waals surface area contributed by atoms with Crippen LogP contribution >= 0.6 is 0 Å². The quantitative estimate of drug-likeness (QED) is 0.474. The van der Waals surface area contributed by atoms with Crippen LogP contribution in [0, 0.1) is 29.0 Å². The number of hydrogen-bond donors (Lipinski definition) is 0. The summed E-state index contributed by atoms with van der Waals surface area (Å²) in [6.45, 7) is -0.259. The molecule has 3 heteroatoms. The summed E-state index contributed by atoms with van der Waals surface area (Å²) in [7, 11) is 0. The highest BCUT2D eigenvalue weighted by atomic mass is 19.1. The molecule has 0 radical (unpaired) electrons. The maximum absolute atomic E-state index is 13.8. The third-order valence-electron chi connectivity index (χ3n) is 5.79. The minimum Gasteiger partial charge on any atom is -0.251 e. The van der Waals surface area contributed by atoms with E-state index in [1.807, 2.05) is 24.3 Å². The van der Waals surface area contributed by atoms with Crippen molar-refractivity contribution in [2.24, 2.45) is 11.8 Å². The highest BCUT2D eigenvalue weighted by Crippen LogP contribution is 2.32. The average Bonchev–Trinajstić information content (AvgIpc) is 2.74. The maximum atomic E-state index is 13.8. The number of rotatable bonds is 7. The molecular formula is C25H27F2N. The van der Waals surface area contributed by atoms with Gasteiger partial charge in [-0.2, -0.15) is 5.26 Å². The minimum absolute atomic E-state index is 0.0768. The summed E-state index contributed by atoms with van der Waals surface area (Å²) in [5.41, 5.74) is 3.14. The number of nitrogens with zero attached hydrogens (tertiary/aromatic N) is 1. The molecule has 1 nitrogen and oxygen atoms in total. The van der Waals surface area contributed by atoms with Crippen LogP contribution in [-0.4, -0.2) is 6.67 Å². The van der Waals surface area contributed by atoms with Crippen molar-refractivity contribution in [3.8, 4) is 17.2 Å². The number of hydrogen-bond acceptors (Lipinski definition) is 1. The Morgan fingerprint density at radius 3 is 2.36 bits per heavy atom. The summed E-state index contributed by atoms with van der Waals surface area (Å²) in [4.78, 5) is 0. The van der Waals surface area contributed by atoms with Crippen LogP contribution in [0.1, 0.15) is 49.7 Å². The van der Waals surface area contributed by atoms with Crippen molar-refractivity contribution in [2.45, 2.75) is 44.9 Å². The molecule has 0 heterocycles. The SMILES string of the molecule is N#Cc1ccc(-c2ccc(CC[C@H]3CC[C@H](C=CCCF)CC3)cc2)cc1F. The summed E-state index contributed by atoms with van der Waals surface area (Å²) in [6, 6.07) is 14.9. The molecule has 1 aliphatic carbocycles. The van der Waals surface area contributed by atoms with E-state index >= 15 is 0 Å². The molecule has 0 bridgehead atoms. The van der Waals surface area contributed by atoms with Gasteiger partial charge in [0.05, 0.1) is 12.2 Å². The average molecular weight is 379 g/mol. The van der Waals surface area contributed by atoms with Crippen LogP contribution in [0.15, 0.2) is 54.6 Å². The number of nitriles is 1. The third kappa shape index (κ3) is 5.52. The Labute approximate surface area is 166 Å². The molecule has 3 rings (SSSR count). The fraction of sp³-hybridized carbons (Fsp3) is 0.400. The molecule has 28 heavy (non-hydrogen) atoms. The van der Waals surface area contributed by atoms with Gasteiger partial charge in [-0.15, -0.1) is 0 Å². The zero-order valence-corrected chi connectivity index (χ0v) is 16.2. The van der Waals surface area contributed by atoms with Crippen LogP contribution in [0.5, 0.6) is 0 Å². The standard InChI is InChI=1S/C25H27F2N/c26-16-2-1-3-19-4-6-20(7-5-19)8-9-21-10-12-22(13-11-21)23-14-15-24(18-28)25(27)17-23/h1,3,10-15,17,19-20H,2,4-9,16H2/t19-,20-. The fourth-order valence-electron chi connectivity index (χ4n) is 4.04. The largest absolute Gasteiger partial charge is 0.251 e. The van der Waals surface area contributed by atoms with E-state index in [2.05, 4.69) is 18.2 Å². The maximum Gasteiger partial charge on any atom is 0.141 e. The molecule has 0 atom stereocenters. The summed E-state index contributed by atoms with van der Waals surface area (Å²) < 4.78 is 26.0. The molecule has 1 aliphatic rings. The number of alkyl halides is 1. The topological polar surface area (TPSA) is 23.8 Å². The Bertz CT molecular complexity index is 825. The minimum atomic E-state index is -0.473. The molecule has 2 aromatic rings. The van der Waals surface area contributed by atoms with E-state index in [1.54, 1.807) is 6.07 Å². The molecule has 0 saturated heterocycles. The molecule has 0 spiro atoms. The van der Waals surface area contributed by atoms with E-state index in [-0.39, 0.29) is 12.2 Å². The first-order valence-electron chi connectivity index (χ1n) is 10.2. The van der Waals surface area contributed by atoms with Crippen LogP contribution in [0.3, 0.4) is 0 Å². The van der Waals surface area contributed by atoms with Crippen LogP contribution in [0.2, 0.25) is 0 Å². The lowest BCUT2D eigenvalue weighted by atomic mass is 9.79. The van der Waals surface area contributed by atoms with Crippen LogP contribution in [-0.2, 0) is 6.42 Å². The summed E-state index contributed by atoms with van der Waals surface area (Å²) in [6.07, 6.45) is 12.0. The van der Waals surface area contributed by atoms with E-state index in [0.717, 1.165) is 23.5 Å². The van der Waals surface area contributed by atoms with Gasteiger partial charge in [0.2, 0.25) is 0 Å². The predicted octanol–water partition coefficient (Wildman–Crippen LogP) is 7.02. The highest BCUT2D eigenvalue weighted by molar-refractivity contribution is 5.64. The smallest absolute Gasteiger partial charge is 0.141 e. The second kappa shape index (κ2) is 10.2.